The van der Waals surface area contributed by atoms with Gasteiger partial charge in [-0.25, -0.2) is 0 Å². The lowest BCUT2D eigenvalue weighted by atomic mass is 10.3. The highest BCUT2D eigenvalue weighted by Gasteiger charge is 2.15. The predicted octanol–water partition coefficient (Wildman–Crippen LogP) is 1.73. The average molecular weight is 184 g/mol. The minimum absolute atomic E-state index is 0.706. The van der Waals surface area contributed by atoms with Gasteiger partial charge in [-0.15, -0.1) is 0 Å². The van der Waals surface area contributed by atoms with Gasteiger partial charge >= 0.3 is 0 Å². The summed E-state index contributed by atoms with van der Waals surface area (Å²) < 4.78 is 0. The number of rotatable bonds is 3. The summed E-state index contributed by atoms with van der Waals surface area (Å²) in [7, 11) is 0. The van der Waals surface area contributed by atoms with E-state index in [1.807, 2.05) is 0 Å². The molecule has 0 aliphatic carbocycles. The van der Waals surface area contributed by atoms with Gasteiger partial charge < -0.3 is 4.90 Å². The molecule has 3 heteroatoms. The van der Waals surface area contributed by atoms with Crippen LogP contribution in [0.2, 0.25) is 0 Å². The Hall–Kier alpha value is -0.200. The molecule has 1 rings (SSSR count). The van der Waals surface area contributed by atoms with Crippen LogP contribution in [-0.4, -0.2) is 35.5 Å². The molecule has 1 heterocycles. The van der Waals surface area contributed by atoms with Gasteiger partial charge in [0.1, 0.15) is 0 Å². The molecule has 0 amide bonds. The van der Waals surface area contributed by atoms with E-state index in [0.717, 1.165) is 18.2 Å². The molecule has 0 N–H and O–H groups in total. The third-order valence-electron chi connectivity index (χ3n) is 2.09. The maximum atomic E-state index is 8.38. The van der Waals surface area contributed by atoms with Crippen molar-refractivity contribution in [2.24, 2.45) is 0 Å². The molecule has 1 saturated heterocycles. The highest BCUT2D eigenvalue weighted by atomic mass is 32.2. The van der Waals surface area contributed by atoms with Crippen LogP contribution in [0.15, 0.2) is 0 Å². The summed E-state index contributed by atoms with van der Waals surface area (Å²) in [6.07, 6.45) is 1.74. The van der Waals surface area contributed by atoms with Crippen LogP contribution in [-0.2, 0) is 0 Å². The van der Waals surface area contributed by atoms with E-state index in [2.05, 4.69) is 29.7 Å². The summed E-state index contributed by atoms with van der Waals surface area (Å²) in [4.78, 5) is 2.47. The summed E-state index contributed by atoms with van der Waals surface area (Å²) in [6.45, 7) is 5.80. The van der Waals surface area contributed by atoms with Crippen LogP contribution >= 0.6 is 11.8 Å². The first-order valence-corrected chi connectivity index (χ1v) is 5.58. The van der Waals surface area contributed by atoms with Crippen molar-refractivity contribution in [1.29, 1.82) is 5.26 Å². The molecule has 1 unspecified atom stereocenters. The molecule has 0 aromatic heterocycles. The van der Waals surface area contributed by atoms with Crippen molar-refractivity contribution in [3.63, 3.8) is 0 Å². The van der Waals surface area contributed by atoms with Crippen LogP contribution in [0, 0.1) is 11.3 Å². The first kappa shape index (κ1) is 9.88. The zero-order valence-corrected chi connectivity index (χ0v) is 8.44. The molecule has 0 radical (unpaired) electrons. The Morgan fingerprint density at radius 3 is 3.17 bits per heavy atom. The van der Waals surface area contributed by atoms with E-state index in [0.29, 0.717) is 6.42 Å². The SMILES string of the molecule is CC1CN(CCCC#N)CCS1. The summed E-state index contributed by atoms with van der Waals surface area (Å²) >= 11 is 2.05. The van der Waals surface area contributed by atoms with Crippen molar-refractivity contribution in [1.82, 2.24) is 4.90 Å². The Bertz CT molecular complexity index is 164. The second-order valence-electron chi connectivity index (χ2n) is 3.24. The minimum atomic E-state index is 0.706. The molecule has 1 aliphatic heterocycles. The molecule has 0 spiro atoms. The normalized spacial score (nSPS) is 25.2. The molecule has 1 fully saturated rings. The van der Waals surface area contributed by atoms with E-state index in [1.165, 1.54) is 18.8 Å². The van der Waals surface area contributed by atoms with Crippen molar-refractivity contribution in [3.05, 3.63) is 0 Å². The van der Waals surface area contributed by atoms with Gasteiger partial charge in [0.2, 0.25) is 0 Å². The van der Waals surface area contributed by atoms with Crippen LogP contribution in [0.3, 0.4) is 0 Å². The van der Waals surface area contributed by atoms with Gasteiger partial charge in [0.25, 0.3) is 0 Å². The van der Waals surface area contributed by atoms with E-state index in [-0.39, 0.29) is 0 Å². The minimum Gasteiger partial charge on any atom is -0.301 e. The van der Waals surface area contributed by atoms with Gasteiger partial charge in [-0.2, -0.15) is 17.0 Å². The lowest BCUT2D eigenvalue weighted by Gasteiger charge is -2.30. The van der Waals surface area contributed by atoms with Crippen LogP contribution in [0.25, 0.3) is 0 Å². The van der Waals surface area contributed by atoms with Gasteiger partial charge in [0.15, 0.2) is 0 Å². The third-order valence-corrected chi connectivity index (χ3v) is 3.22. The highest BCUT2D eigenvalue weighted by molar-refractivity contribution is 7.99. The summed E-state index contributed by atoms with van der Waals surface area (Å²) in [5, 5.41) is 9.15. The van der Waals surface area contributed by atoms with Crippen molar-refractivity contribution in [2.75, 3.05) is 25.4 Å². The van der Waals surface area contributed by atoms with Crippen LogP contribution in [0.1, 0.15) is 19.8 Å². The van der Waals surface area contributed by atoms with Crippen LogP contribution < -0.4 is 0 Å². The lowest BCUT2D eigenvalue weighted by Crippen LogP contribution is -2.37. The highest BCUT2D eigenvalue weighted by Crippen LogP contribution is 2.17. The molecule has 1 aliphatic rings. The van der Waals surface area contributed by atoms with E-state index in [9.17, 15) is 0 Å². The molecule has 68 valence electrons. The third kappa shape index (κ3) is 3.46. The second kappa shape index (κ2) is 5.45. The molecule has 0 bridgehead atoms. The van der Waals surface area contributed by atoms with Crippen molar-refractivity contribution in [3.8, 4) is 6.07 Å². The van der Waals surface area contributed by atoms with E-state index in [1.54, 1.807) is 0 Å². The number of hydrogen-bond acceptors (Lipinski definition) is 3. The zero-order chi connectivity index (χ0) is 8.81. The van der Waals surface area contributed by atoms with E-state index in [4.69, 9.17) is 5.26 Å². The fourth-order valence-corrected chi connectivity index (χ4v) is 2.56. The molecule has 12 heavy (non-hydrogen) atoms. The standard InChI is InChI=1S/C9H16N2S/c1-9-8-11(6-7-12-9)5-3-2-4-10/h9H,2-3,5-8H2,1H3. The number of thioether (sulfide) groups is 1. The van der Waals surface area contributed by atoms with Gasteiger partial charge in [-0.3, -0.25) is 0 Å². The molecule has 0 aromatic carbocycles. The predicted molar refractivity (Wildman–Crippen MR) is 53.2 cm³/mol. The first-order valence-electron chi connectivity index (χ1n) is 4.54. The first-order chi connectivity index (χ1) is 5.83. The Kier molecular flexibility index (Phi) is 4.49. The number of unbranched alkanes of at least 4 members (excludes halogenated alkanes) is 1. The monoisotopic (exact) mass is 184 g/mol. The summed E-state index contributed by atoms with van der Waals surface area (Å²) in [5.74, 6) is 1.26. The Morgan fingerprint density at radius 1 is 1.67 bits per heavy atom. The maximum absolute atomic E-state index is 8.38. The topological polar surface area (TPSA) is 27.0 Å². The van der Waals surface area contributed by atoms with Gasteiger partial charge in [0.05, 0.1) is 6.07 Å². The maximum Gasteiger partial charge on any atom is 0.0622 e. The fourth-order valence-electron chi connectivity index (χ4n) is 1.48. The van der Waals surface area contributed by atoms with Gasteiger partial charge in [-0.1, -0.05) is 6.92 Å². The Labute approximate surface area is 78.9 Å². The average Bonchev–Trinajstić information content (AvgIpc) is 2.05. The Morgan fingerprint density at radius 2 is 2.50 bits per heavy atom. The number of nitrogens with zero attached hydrogens (tertiary/aromatic N) is 2. The zero-order valence-electron chi connectivity index (χ0n) is 7.62. The molecular formula is C9H16N2S. The van der Waals surface area contributed by atoms with E-state index >= 15 is 0 Å². The summed E-state index contributed by atoms with van der Waals surface area (Å²) in [5.41, 5.74) is 0. The number of hydrogen-bond donors (Lipinski definition) is 0. The second-order valence-corrected chi connectivity index (χ2v) is 4.79. The molecule has 0 saturated carbocycles. The smallest absolute Gasteiger partial charge is 0.0622 e. The summed E-state index contributed by atoms with van der Waals surface area (Å²) in [6, 6.07) is 2.19. The van der Waals surface area contributed by atoms with Gasteiger partial charge in [0, 0.05) is 30.5 Å². The van der Waals surface area contributed by atoms with Gasteiger partial charge in [-0.05, 0) is 13.0 Å². The van der Waals surface area contributed by atoms with E-state index < -0.39 is 0 Å². The quantitative estimate of drug-likeness (QED) is 0.625. The number of nitriles is 1. The van der Waals surface area contributed by atoms with Crippen molar-refractivity contribution in [2.45, 2.75) is 25.0 Å². The largest absolute Gasteiger partial charge is 0.301 e. The Balaban J connectivity index is 2.11. The molecular weight excluding hydrogens is 168 g/mol. The van der Waals surface area contributed by atoms with Crippen LogP contribution in [0.4, 0.5) is 0 Å². The van der Waals surface area contributed by atoms with Crippen LogP contribution in [0.5, 0.6) is 0 Å². The fraction of sp³-hybridized carbons (Fsp3) is 0.889. The lowest BCUT2D eigenvalue weighted by molar-refractivity contribution is 0.284. The molecule has 0 aromatic rings. The molecule has 1 atom stereocenters. The molecule has 2 nitrogen and oxygen atoms in total. The van der Waals surface area contributed by atoms with Crippen molar-refractivity contribution < 1.29 is 0 Å². The van der Waals surface area contributed by atoms with Crippen molar-refractivity contribution >= 4 is 11.8 Å².